The summed E-state index contributed by atoms with van der Waals surface area (Å²) in [6.45, 7) is 3.89. The average Bonchev–Trinajstić information content (AvgIpc) is 3.06. The van der Waals surface area contributed by atoms with E-state index in [1.165, 1.54) is 12.0 Å². The van der Waals surface area contributed by atoms with Crippen molar-refractivity contribution in [3.63, 3.8) is 0 Å². The van der Waals surface area contributed by atoms with Crippen LogP contribution in [-0.2, 0) is 9.53 Å². The normalized spacial score (nSPS) is 19.2. The molecule has 1 unspecified atom stereocenters. The predicted molar refractivity (Wildman–Crippen MR) is 56.6 cm³/mol. The third-order valence-electron chi connectivity index (χ3n) is 3.33. The zero-order valence-electron chi connectivity index (χ0n) is 9.87. The fourth-order valence-corrected chi connectivity index (χ4v) is 1.82. The van der Waals surface area contributed by atoms with Gasteiger partial charge in [0.1, 0.15) is 5.54 Å². The molecule has 0 bridgehead atoms. The van der Waals surface area contributed by atoms with Crippen molar-refractivity contribution in [2.75, 3.05) is 14.2 Å². The molecule has 1 aliphatic carbocycles. The van der Waals surface area contributed by atoms with E-state index in [0.717, 1.165) is 19.3 Å². The van der Waals surface area contributed by atoms with Crippen molar-refractivity contribution in [1.29, 1.82) is 0 Å². The Bertz CT molecular complexity index is 271. The van der Waals surface area contributed by atoms with E-state index in [4.69, 9.17) is 0 Å². The highest BCUT2D eigenvalue weighted by molar-refractivity contribution is 5.95. The minimum absolute atomic E-state index is 0.0135. The molecule has 0 spiro atoms. The molecule has 1 amide bonds. The number of hydrogen-bond acceptors (Lipinski definition) is 3. The second-order valence-electron chi connectivity index (χ2n) is 4.23. The molecule has 1 fully saturated rings. The van der Waals surface area contributed by atoms with Crippen LogP contribution in [-0.4, -0.2) is 36.5 Å². The van der Waals surface area contributed by atoms with E-state index >= 15 is 0 Å². The molecule has 1 saturated carbocycles. The van der Waals surface area contributed by atoms with Crippen LogP contribution in [0.25, 0.3) is 0 Å². The Kier molecular flexibility index (Phi) is 3.37. The summed E-state index contributed by atoms with van der Waals surface area (Å²) in [4.78, 5) is 24.9. The largest absolute Gasteiger partial charge is 0.453 e. The molecular formula is C11H19NO3. The Balaban J connectivity index is 2.75. The minimum Gasteiger partial charge on any atom is -0.453 e. The lowest BCUT2D eigenvalue weighted by molar-refractivity contribution is -0.128. The van der Waals surface area contributed by atoms with Gasteiger partial charge in [-0.2, -0.15) is 0 Å². The van der Waals surface area contributed by atoms with Gasteiger partial charge in [0.15, 0.2) is 5.78 Å². The number of nitrogens with zero attached hydrogens (tertiary/aromatic N) is 1. The number of methoxy groups -OCH3 is 1. The smallest absolute Gasteiger partial charge is 0.410 e. The third kappa shape index (κ3) is 1.98. The maximum atomic E-state index is 12.1. The van der Waals surface area contributed by atoms with Crippen molar-refractivity contribution in [3.8, 4) is 0 Å². The quantitative estimate of drug-likeness (QED) is 0.715. The molecule has 0 aliphatic heterocycles. The Morgan fingerprint density at radius 1 is 1.47 bits per heavy atom. The van der Waals surface area contributed by atoms with Crippen LogP contribution in [0.2, 0.25) is 0 Å². The summed E-state index contributed by atoms with van der Waals surface area (Å²) in [7, 11) is 2.97. The van der Waals surface area contributed by atoms with Gasteiger partial charge >= 0.3 is 6.09 Å². The van der Waals surface area contributed by atoms with Crippen molar-refractivity contribution >= 4 is 11.9 Å². The monoisotopic (exact) mass is 213 g/mol. The number of amides is 1. The van der Waals surface area contributed by atoms with Crippen LogP contribution in [0.4, 0.5) is 4.79 Å². The summed E-state index contributed by atoms with van der Waals surface area (Å²) < 4.78 is 4.64. The molecule has 4 nitrogen and oxygen atoms in total. The first-order chi connectivity index (χ1) is 6.99. The van der Waals surface area contributed by atoms with Gasteiger partial charge in [0.2, 0.25) is 0 Å². The number of likely N-dealkylation sites (N-methyl/N-ethyl adjacent to an activating group) is 1. The van der Waals surface area contributed by atoms with Gasteiger partial charge in [0.05, 0.1) is 7.11 Å². The summed E-state index contributed by atoms with van der Waals surface area (Å²) in [6.07, 6.45) is 1.92. The third-order valence-corrected chi connectivity index (χ3v) is 3.33. The van der Waals surface area contributed by atoms with Gasteiger partial charge in [-0.25, -0.2) is 4.79 Å². The van der Waals surface area contributed by atoms with E-state index in [0.29, 0.717) is 0 Å². The topological polar surface area (TPSA) is 46.6 Å². The number of ketones is 1. The number of Topliss-reactive ketones (excluding diaryl/α,β-unsaturated/α-hetero) is 1. The lowest BCUT2D eigenvalue weighted by atomic mass is 9.95. The average molecular weight is 213 g/mol. The molecule has 1 atom stereocenters. The molecule has 0 N–H and O–H groups in total. The van der Waals surface area contributed by atoms with Crippen molar-refractivity contribution in [1.82, 2.24) is 4.90 Å². The van der Waals surface area contributed by atoms with Crippen LogP contribution in [0.5, 0.6) is 0 Å². The summed E-state index contributed by atoms with van der Waals surface area (Å²) >= 11 is 0. The zero-order chi connectivity index (χ0) is 11.6. The molecule has 0 heterocycles. The van der Waals surface area contributed by atoms with Gasteiger partial charge in [0.25, 0.3) is 0 Å². The second-order valence-corrected chi connectivity index (χ2v) is 4.23. The van der Waals surface area contributed by atoms with Crippen molar-refractivity contribution in [2.24, 2.45) is 5.92 Å². The van der Waals surface area contributed by atoms with E-state index < -0.39 is 11.6 Å². The lowest BCUT2D eigenvalue weighted by Gasteiger charge is -2.27. The van der Waals surface area contributed by atoms with Gasteiger partial charge in [-0.05, 0) is 19.3 Å². The molecule has 1 aliphatic rings. The predicted octanol–water partition coefficient (Wildman–Crippen LogP) is 1.83. The standard InChI is InChI=1S/C11H19NO3/c1-5-8(2)9(13)11(6-7-11)12(3)10(14)15-4/h8H,5-7H2,1-4H3. The van der Waals surface area contributed by atoms with Gasteiger partial charge in [0, 0.05) is 13.0 Å². The molecule has 86 valence electrons. The lowest BCUT2D eigenvalue weighted by Crippen LogP contribution is -2.46. The zero-order valence-corrected chi connectivity index (χ0v) is 9.87. The summed E-state index contributed by atoms with van der Waals surface area (Å²) in [5.74, 6) is 0.178. The maximum absolute atomic E-state index is 12.1. The van der Waals surface area contributed by atoms with Crippen molar-refractivity contribution in [2.45, 2.75) is 38.6 Å². The van der Waals surface area contributed by atoms with Crippen LogP contribution in [0.3, 0.4) is 0 Å². The van der Waals surface area contributed by atoms with Gasteiger partial charge in [-0.3, -0.25) is 9.69 Å². The summed E-state index contributed by atoms with van der Waals surface area (Å²) in [5, 5.41) is 0. The number of carbonyl (C=O) groups excluding carboxylic acids is 2. The van der Waals surface area contributed by atoms with Crippen LogP contribution in [0.15, 0.2) is 0 Å². The van der Waals surface area contributed by atoms with E-state index in [9.17, 15) is 9.59 Å². The molecule has 0 radical (unpaired) electrons. The number of carbonyl (C=O) groups is 2. The Morgan fingerprint density at radius 3 is 2.33 bits per heavy atom. The first kappa shape index (κ1) is 12.0. The Hall–Kier alpha value is -1.06. The molecule has 0 aromatic carbocycles. The van der Waals surface area contributed by atoms with Gasteiger partial charge < -0.3 is 4.74 Å². The second kappa shape index (κ2) is 4.21. The fraction of sp³-hybridized carbons (Fsp3) is 0.818. The molecule has 0 saturated heterocycles. The highest BCUT2D eigenvalue weighted by Gasteiger charge is 2.55. The fourth-order valence-electron chi connectivity index (χ4n) is 1.82. The van der Waals surface area contributed by atoms with Gasteiger partial charge in [-0.1, -0.05) is 13.8 Å². The van der Waals surface area contributed by atoms with E-state index in [1.807, 2.05) is 13.8 Å². The molecule has 1 rings (SSSR count). The number of ether oxygens (including phenoxy) is 1. The van der Waals surface area contributed by atoms with E-state index in [2.05, 4.69) is 4.74 Å². The molecular weight excluding hydrogens is 194 g/mol. The van der Waals surface area contributed by atoms with Crippen LogP contribution >= 0.6 is 0 Å². The molecule has 0 aromatic heterocycles. The number of rotatable bonds is 4. The maximum Gasteiger partial charge on any atom is 0.410 e. The SMILES string of the molecule is CCC(C)C(=O)C1(N(C)C(=O)OC)CC1. The van der Waals surface area contributed by atoms with E-state index in [-0.39, 0.29) is 11.7 Å². The van der Waals surface area contributed by atoms with Crippen LogP contribution in [0, 0.1) is 5.92 Å². The summed E-state index contributed by atoms with van der Waals surface area (Å²) in [5.41, 5.74) is -0.567. The first-order valence-corrected chi connectivity index (χ1v) is 5.35. The first-order valence-electron chi connectivity index (χ1n) is 5.35. The molecule has 15 heavy (non-hydrogen) atoms. The van der Waals surface area contributed by atoms with E-state index in [1.54, 1.807) is 7.05 Å². The Labute approximate surface area is 90.6 Å². The van der Waals surface area contributed by atoms with Crippen molar-refractivity contribution in [3.05, 3.63) is 0 Å². The Morgan fingerprint density at radius 2 is 2.00 bits per heavy atom. The number of hydrogen-bond donors (Lipinski definition) is 0. The van der Waals surface area contributed by atoms with Crippen molar-refractivity contribution < 1.29 is 14.3 Å². The van der Waals surface area contributed by atoms with Gasteiger partial charge in [-0.15, -0.1) is 0 Å². The molecule has 0 aromatic rings. The highest BCUT2D eigenvalue weighted by atomic mass is 16.5. The minimum atomic E-state index is -0.567. The molecule has 4 heteroatoms. The van der Waals surface area contributed by atoms with Crippen LogP contribution < -0.4 is 0 Å². The summed E-state index contributed by atoms with van der Waals surface area (Å²) in [6, 6.07) is 0. The van der Waals surface area contributed by atoms with Crippen LogP contribution in [0.1, 0.15) is 33.1 Å². The highest BCUT2D eigenvalue weighted by Crippen LogP contribution is 2.44.